The van der Waals surface area contributed by atoms with E-state index in [9.17, 15) is 9.59 Å². The third kappa shape index (κ3) is 4.06. The van der Waals surface area contributed by atoms with Crippen LogP contribution >= 0.6 is 11.3 Å². The number of rotatable bonds is 6. The summed E-state index contributed by atoms with van der Waals surface area (Å²) >= 11 is 1.57. The first-order valence-electron chi connectivity index (χ1n) is 11.1. The van der Waals surface area contributed by atoms with Crippen molar-refractivity contribution in [3.05, 3.63) is 130 Å². The molecule has 3 aromatic carbocycles. The molecule has 34 heavy (non-hydrogen) atoms. The highest BCUT2D eigenvalue weighted by atomic mass is 32.1. The molecule has 0 fully saturated rings. The van der Waals surface area contributed by atoms with Crippen molar-refractivity contribution in [2.75, 3.05) is 0 Å². The van der Waals surface area contributed by atoms with Crippen LogP contribution in [0.5, 0.6) is 0 Å². The third-order valence-corrected chi connectivity index (χ3v) is 7.00. The molecular formula is C29H22N2O2S. The van der Waals surface area contributed by atoms with Crippen molar-refractivity contribution in [1.29, 1.82) is 0 Å². The fraction of sp³-hybridized carbons (Fsp3) is 0.103. The molecule has 0 N–H and O–H groups in total. The van der Waals surface area contributed by atoms with Gasteiger partial charge in [0.25, 0.3) is 0 Å². The third-order valence-electron chi connectivity index (χ3n) is 6.02. The smallest absolute Gasteiger partial charge is 0.180 e. The highest BCUT2D eigenvalue weighted by Gasteiger charge is 2.44. The van der Waals surface area contributed by atoms with Gasteiger partial charge in [-0.1, -0.05) is 91.0 Å². The molecule has 5 heteroatoms. The van der Waals surface area contributed by atoms with E-state index in [1.807, 2.05) is 103 Å². The van der Waals surface area contributed by atoms with E-state index in [-0.39, 0.29) is 11.6 Å². The molecule has 166 valence electrons. The van der Waals surface area contributed by atoms with Gasteiger partial charge in [-0.15, -0.1) is 11.3 Å². The monoisotopic (exact) mass is 462 g/mol. The van der Waals surface area contributed by atoms with Crippen molar-refractivity contribution >= 4 is 34.3 Å². The number of hydrogen-bond donors (Lipinski definition) is 0. The van der Waals surface area contributed by atoms with Gasteiger partial charge in [-0.3, -0.25) is 9.59 Å². The Hall–Kier alpha value is -3.96. The fourth-order valence-electron chi connectivity index (χ4n) is 4.37. The van der Waals surface area contributed by atoms with E-state index in [0.717, 1.165) is 21.7 Å². The van der Waals surface area contributed by atoms with Crippen molar-refractivity contribution in [2.45, 2.75) is 12.8 Å². The molecule has 0 saturated heterocycles. The number of hydrogen-bond acceptors (Lipinski definition) is 5. The van der Waals surface area contributed by atoms with Crippen LogP contribution < -0.4 is 0 Å². The van der Waals surface area contributed by atoms with Crippen molar-refractivity contribution in [3.63, 3.8) is 0 Å². The van der Waals surface area contributed by atoms with Crippen LogP contribution in [0.25, 0.3) is 0 Å². The SMILES string of the molecule is C/C(=N\N=C1/c2ccccc2C(=O)C1C(=O)C(c1ccccc1)c1ccccc1)c1cccs1. The quantitative estimate of drug-likeness (QED) is 0.195. The Bertz CT molecular complexity index is 1350. The van der Waals surface area contributed by atoms with Crippen LogP contribution in [0.3, 0.4) is 0 Å². The molecule has 0 amide bonds. The fourth-order valence-corrected chi connectivity index (χ4v) is 5.05. The maximum absolute atomic E-state index is 14.2. The largest absolute Gasteiger partial charge is 0.297 e. The van der Waals surface area contributed by atoms with Gasteiger partial charge < -0.3 is 0 Å². The van der Waals surface area contributed by atoms with Crippen LogP contribution in [0.4, 0.5) is 0 Å². The van der Waals surface area contributed by atoms with E-state index >= 15 is 0 Å². The lowest BCUT2D eigenvalue weighted by molar-refractivity contribution is -0.120. The number of fused-ring (bicyclic) bond motifs is 1. The lowest BCUT2D eigenvalue weighted by Gasteiger charge is -2.20. The zero-order valence-corrected chi connectivity index (χ0v) is 19.4. The Morgan fingerprint density at radius 3 is 1.97 bits per heavy atom. The number of Topliss-reactive ketones (excluding diaryl/α,β-unsaturated/α-hetero) is 2. The van der Waals surface area contributed by atoms with Crippen molar-refractivity contribution in [1.82, 2.24) is 0 Å². The summed E-state index contributed by atoms with van der Waals surface area (Å²) in [5, 5.41) is 10.9. The van der Waals surface area contributed by atoms with Gasteiger partial charge >= 0.3 is 0 Å². The molecule has 0 aliphatic heterocycles. The average Bonchev–Trinajstić information content (AvgIpc) is 3.51. The zero-order valence-electron chi connectivity index (χ0n) is 18.6. The summed E-state index contributed by atoms with van der Waals surface area (Å²) in [4.78, 5) is 28.7. The van der Waals surface area contributed by atoms with Gasteiger partial charge in [0.15, 0.2) is 11.6 Å². The van der Waals surface area contributed by atoms with Crippen LogP contribution in [0.2, 0.25) is 0 Å². The van der Waals surface area contributed by atoms with Crippen LogP contribution in [-0.4, -0.2) is 23.0 Å². The average molecular weight is 463 g/mol. The highest BCUT2D eigenvalue weighted by Crippen LogP contribution is 2.35. The molecule has 1 aromatic heterocycles. The van der Waals surface area contributed by atoms with E-state index in [1.165, 1.54) is 0 Å². The Kier molecular flexibility index (Phi) is 6.11. The number of thiophene rings is 1. The first kappa shape index (κ1) is 21.9. The molecule has 0 bridgehead atoms. The lowest BCUT2D eigenvalue weighted by atomic mass is 9.80. The number of ketones is 2. The Morgan fingerprint density at radius 2 is 1.38 bits per heavy atom. The molecule has 4 aromatic rings. The van der Waals surface area contributed by atoms with E-state index in [0.29, 0.717) is 16.8 Å². The summed E-state index contributed by atoms with van der Waals surface area (Å²) in [5.74, 6) is -2.01. The van der Waals surface area contributed by atoms with E-state index in [1.54, 1.807) is 17.4 Å². The van der Waals surface area contributed by atoms with Crippen LogP contribution in [0, 0.1) is 5.92 Å². The molecule has 1 unspecified atom stereocenters. The number of carbonyl (C=O) groups excluding carboxylic acids is 2. The van der Waals surface area contributed by atoms with Gasteiger partial charge in [-0.25, -0.2) is 0 Å². The van der Waals surface area contributed by atoms with Gasteiger partial charge in [0.2, 0.25) is 0 Å². The second kappa shape index (κ2) is 9.49. The van der Waals surface area contributed by atoms with Crippen molar-refractivity contribution in [3.8, 4) is 0 Å². The normalized spacial score (nSPS) is 16.8. The van der Waals surface area contributed by atoms with Crippen LogP contribution in [0.15, 0.2) is 113 Å². The molecular weight excluding hydrogens is 440 g/mol. The molecule has 5 rings (SSSR count). The molecule has 4 nitrogen and oxygen atoms in total. The Labute approximate surface area is 202 Å². The molecule has 1 aliphatic rings. The number of benzene rings is 3. The standard InChI is InChI=1S/C29H22N2O2S/c1-19(24-17-10-18-34-24)30-31-27-22-15-8-9-16-23(22)28(32)26(27)29(33)25(20-11-4-2-5-12-20)21-13-6-3-7-14-21/h2-18,25-26H,1H3/b30-19+,31-27+. The minimum absolute atomic E-state index is 0.193. The van der Waals surface area contributed by atoms with Gasteiger partial charge in [0.1, 0.15) is 5.92 Å². The molecule has 0 radical (unpaired) electrons. The minimum Gasteiger partial charge on any atom is -0.297 e. The number of carbonyl (C=O) groups is 2. The van der Waals surface area contributed by atoms with Crippen molar-refractivity contribution < 1.29 is 9.59 Å². The lowest BCUT2D eigenvalue weighted by Crippen LogP contribution is -2.31. The summed E-state index contributed by atoms with van der Waals surface area (Å²) < 4.78 is 0. The predicted octanol–water partition coefficient (Wildman–Crippen LogP) is 6.18. The second-order valence-electron chi connectivity index (χ2n) is 8.15. The van der Waals surface area contributed by atoms with Crippen LogP contribution in [-0.2, 0) is 4.79 Å². The van der Waals surface area contributed by atoms with Gasteiger partial charge in [0.05, 0.1) is 22.2 Å². The summed E-state index contributed by atoms with van der Waals surface area (Å²) in [6.45, 7) is 1.88. The molecule has 1 atom stereocenters. The molecule has 1 aliphatic carbocycles. The summed E-state index contributed by atoms with van der Waals surface area (Å²) in [5.41, 5.74) is 4.05. The highest BCUT2D eigenvalue weighted by molar-refractivity contribution is 7.12. The predicted molar refractivity (Wildman–Crippen MR) is 137 cm³/mol. The van der Waals surface area contributed by atoms with Gasteiger partial charge in [-0.05, 0) is 29.5 Å². The second-order valence-corrected chi connectivity index (χ2v) is 9.10. The first-order chi connectivity index (χ1) is 16.6. The summed E-state index contributed by atoms with van der Waals surface area (Å²) in [6.07, 6.45) is 0. The Balaban J connectivity index is 1.62. The van der Waals surface area contributed by atoms with Crippen LogP contribution in [0.1, 0.15) is 44.8 Å². The molecule has 0 saturated carbocycles. The van der Waals surface area contributed by atoms with E-state index in [2.05, 4.69) is 10.2 Å². The van der Waals surface area contributed by atoms with E-state index in [4.69, 9.17) is 0 Å². The van der Waals surface area contributed by atoms with Gasteiger partial charge in [-0.2, -0.15) is 10.2 Å². The zero-order chi connectivity index (χ0) is 23.5. The number of nitrogens with zero attached hydrogens (tertiary/aromatic N) is 2. The topological polar surface area (TPSA) is 58.9 Å². The van der Waals surface area contributed by atoms with E-state index < -0.39 is 11.8 Å². The Morgan fingerprint density at radius 1 is 0.794 bits per heavy atom. The maximum atomic E-state index is 14.2. The summed E-state index contributed by atoms with van der Waals surface area (Å²) in [6, 6.07) is 30.4. The molecule has 1 heterocycles. The van der Waals surface area contributed by atoms with Gasteiger partial charge in [0, 0.05) is 11.1 Å². The molecule has 0 spiro atoms. The minimum atomic E-state index is -1.01. The maximum Gasteiger partial charge on any atom is 0.180 e. The summed E-state index contributed by atoms with van der Waals surface area (Å²) in [7, 11) is 0. The van der Waals surface area contributed by atoms with Crippen molar-refractivity contribution in [2.24, 2.45) is 16.1 Å². The first-order valence-corrected chi connectivity index (χ1v) is 12.0.